The highest BCUT2D eigenvalue weighted by Crippen LogP contribution is 2.65. The number of carbonyl (C=O) groups is 2. The Morgan fingerprint density at radius 3 is 2.66 bits per heavy atom. The van der Waals surface area contributed by atoms with Gasteiger partial charge in [-0.15, -0.1) is 5.10 Å². The Balaban J connectivity index is 1.02. The number of piperidine rings is 1. The summed E-state index contributed by atoms with van der Waals surface area (Å²) in [5, 5.41) is 22.9. The minimum Gasteiger partial charge on any atom is -0.463 e. The van der Waals surface area contributed by atoms with Gasteiger partial charge in [0.25, 0.3) is 0 Å². The van der Waals surface area contributed by atoms with Crippen LogP contribution in [0.5, 0.6) is 0 Å². The largest absolute Gasteiger partial charge is 0.463 e. The van der Waals surface area contributed by atoms with Gasteiger partial charge in [0.1, 0.15) is 6.61 Å². The van der Waals surface area contributed by atoms with Crippen molar-refractivity contribution in [1.82, 2.24) is 25.2 Å². The van der Waals surface area contributed by atoms with E-state index < -0.39 is 6.23 Å². The second-order valence-electron chi connectivity index (χ2n) is 18.6. The van der Waals surface area contributed by atoms with Gasteiger partial charge < -0.3 is 24.6 Å². The molecule has 3 saturated heterocycles. The summed E-state index contributed by atoms with van der Waals surface area (Å²) in [7, 11) is 0. The number of allylic oxidation sites excluding steroid dienone is 2. The molecule has 8 rings (SSSR count). The van der Waals surface area contributed by atoms with Crippen LogP contribution in [0.2, 0.25) is 0 Å². The Labute approximate surface area is 315 Å². The van der Waals surface area contributed by atoms with Crippen LogP contribution >= 0.6 is 0 Å². The molecule has 4 aliphatic carbocycles. The first-order valence-electron chi connectivity index (χ1n) is 20.7. The lowest BCUT2D eigenvalue weighted by molar-refractivity contribution is -0.184. The van der Waals surface area contributed by atoms with E-state index in [-0.39, 0.29) is 71.7 Å². The maximum absolute atomic E-state index is 12.3. The number of esters is 1. The molecule has 0 radical (unpaired) electrons. The van der Waals surface area contributed by atoms with Crippen molar-refractivity contribution >= 4 is 11.9 Å². The van der Waals surface area contributed by atoms with Crippen molar-refractivity contribution in [3.63, 3.8) is 0 Å². The van der Waals surface area contributed by atoms with E-state index in [9.17, 15) is 14.7 Å². The van der Waals surface area contributed by atoms with Gasteiger partial charge in [0.05, 0.1) is 41.8 Å². The molecule has 2 unspecified atom stereocenters. The number of nitrogens with one attached hydrogen (secondary N) is 1. The van der Waals surface area contributed by atoms with Gasteiger partial charge in [-0.05, 0) is 105 Å². The molecular formula is C42H63N5O6. The zero-order chi connectivity index (χ0) is 37.6. The third kappa shape index (κ3) is 6.24. The fraction of sp³-hybridized carbons (Fsp3) is 0.810. The first kappa shape index (κ1) is 37.3. The lowest BCUT2D eigenvalue weighted by atomic mass is 9.56. The predicted molar refractivity (Wildman–Crippen MR) is 199 cm³/mol. The van der Waals surface area contributed by atoms with Crippen LogP contribution in [0.3, 0.4) is 0 Å². The van der Waals surface area contributed by atoms with Crippen LogP contribution < -0.4 is 5.32 Å². The van der Waals surface area contributed by atoms with E-state index in [1.807, 2.05) is 6.20 Å². The molecule has 292 valence electrons. The van der Waals surface area contributed by atoms with Crippen LogP contribution in [0.25, 0.3) is 0 Å². The van der Waals surface area contributed by atoms with Gasteiger partial charge >= 0.3 is 5.97 Å². The fourth-order valence-corrected chi connectivity index (χ4v) is 12.7. The standard InChI is InChI=1S/C42H63N5O6/c1-22-15-36-39(26(5)42(53-36)14-12-32-33-10-9-29-16-31(50)11-13-41(29,8)35(33)17-34(32)25(42)4)46(18-22)19-30-20-47(45-44-30)40-38(43-27(6)48)24(3)23(2)37(52-40)21-51-28(7)49/h9,20,22-24,26,31-33,35-40,50H,10-19,21H2,1-8H3,(H,43,48)/t22-,23+,24?,26+,31-,32-,33-,35-,36+,37?,38+,39-,40+,41-,42-/m0/s1. The van der Waals surface area contributed by atoms with Crippen molar-refractivity contribution in [2.45, 2.75) is 156 Å². The van der Waals surface area contributed by atoms with E-state index in [0.717, 1.165) is 50.8 Å². The third-order valence-electron chi connectivity index (χ3n) is 15.7. The second kappa shape index (κ2) is 13.9. The van der Waals surface area contributed by atoms with Crippen molar-refractivity contribution in [2.75, 3.05) is 13.2 Å². The number of aliphatic hydroxyl groups is 1. The SMILES string of the molecule is CC(=O)N[C@@H]1C(C)[C@@H](C)C(COC(C)=O)O[C@H]1n1cc(CN2C[C@@H](C)C[C@H]3O[C@]4(CC[C@@H]5C(=C4C)C[C@H]4[C@H]5CC=C5C[C@@H](O)CC[C@@]54C)[C@H](C)[C@@H]32)nn1. The molecule has 1 aromatic heterocycles. The maximum Gasteiger partial charge on any atom is 0.302 e. The third-order valence-corrected chi connectivity index (χ3v) is 15.7. The van der Waals surface area contributed by atoms with Crippen LogP contribution in [0, 0.1) is 46.8 Å². The summed E-state index contributed by atoms with van der Waals surface area (Å²) in [6.07, 6.45) is 12.2. The van der Waals surface area contributed by atoms with Crippen LogP contribution in [0.15, 0.2) is 29.0 Å². The van der Waals surface area contributed by atoms with E-state index in [1.165, 1.54) is 37.8 Å². The number of fused-ring (bicyclic) bond motifs is 6. The fourth-order valence-electron chi connectivity index (χ4n) is 12.7. The molecule has 1 amide bonds. The molecule has 1 spiro atoms. The molecule has 11 heteroatoms. The number of aromatic nitrogens is 3. The van der Waals surface area contributed by atoms with Crippen molar-refractivity contribution in [2.24, 2.45) is 46.8 Å². The van der Waals surface area contributed by atoms with Gasteiger partial charge in [0, 0.05) is 38.9 Å². The van der Waals surface area contributed by atoms with Crippen molar-refractivity contribution in [3.8, 4) is 0 Å². The van der Waals surface area contributed by atoms with E-state index in [0.29, 0.717) is 36.1 Å². The Kier molecular flexibility index (Phi) is 9.76. The van der Waals surface area contributed by atoms with Crippen molar-refractivity contribution < 1.29 is 28.9 Å². The molecule has 4 heterocycles. The summed E-state index contributed by atoms with van der Waals surface area (Å²) < 4.78 is 21.1. The summed E-state index contributed by atoms with van der Waals surface area (Å²) in [5.41, 5.74) is 5.58. The van der Waals surface area contributed by atoms with Gasteiger partial charge in [-0.25, -0.2) is 4.68 Å². The molecular weight excluding hydrogens is 670 g/mol. The van der Waals surface area contributed by atoms with Crippen LogP contribution in [0.4, 0.5) is 0 Å². The first-order valence-corrected chi connectivity index (χ1v) is 20.7. The Bertz CT molecular complexity index is 1660. The number of rotatable bonds is 6. The smallest absolute Gasteiger partial charge is 0.302 e. The molecule has 5 fully saturated rings. The average Bonchev–Trinajstić information content (AvgIpc) is 3.80. The van der Waals surface area contributed by atoms with Gasteiger partial charge in [0.2, 0.25) is 5.91 Å². The lowest BCUT2D eigenvalue weighted by Crippen LogP contribution is -2.55. The molecule has 7 aliphatic rings. The molecule has 53 heavy (non-hydrogen) atoms. The number of carbonyl (C=O) groups excluding carboxylic acids is 2. The monoisotopic (exact) mass is 733 g/mol. The number of amides is 1. The molecule has 1 aromatic rings. The lowest BCUT2D eigenvalue weighted by Gasteiger charge is -2.49. The van der Waals surface area contributed by atoms with Gasteiger partial charge in [0.15, 0.2) is 6.23 Å². The van der Waals surface area contributed by atoms with Gasteiger partial charge in [-0.1, -0.05) is 57.1 Å². The molecule has 2 N–H and O–H groups in total. The summed E-state index contributed by atoms with van der Waals surface area (Å²) in [5.74, 6) is 2.50. The zero-order valence-corrected chi connectivity index (χ0v) is 33.2. The summed E-state index contributed by atoms with van der Waals surface area (Å²) in [6, 6.07) is -0.0295. The Morgan fingerprint density at radius 1 is 1.11 bits per heavy atom. The number of hydrogen-bond donors (Lipinski definition) is 2. The predicted octanol–water partition coefficient (Wildman–Crippen LogP) is 5.74. The minimum absolute atomic E-state index is 0.0497. The Morgan fingerprint density at radius 2 is 1.91 bits per heavy atom. The summed E-state index contributed by atoms with van der Waals surface area (Å²) >= 11 is 0. The zero-order valence-electron chi connectivity index (χ0n) is 33.2. The normalized spacial score (nSPS) is 45.2. The second-order valence-corrected chi connectivity index (χ2v) is 18.6. The average molecular weight is 734 g/mol. The highest BCUT2D eigenvalue weighted by Gasteiger charge is 2.61. The molecule has 3 aliphatic heterocycles. The van der Waals surface area contributed by atoms with Crippen LogP contribution in [-0.2, 0) is 30.3 Å². The van der Waals surface area contributed by atoms with E-state index >= 15 is 0 Å². The number of ether oxygens (including phenoxy) is 3. The van der Waals surface area contributed by atoms with E-state index in [2.05, 4.69) is 68.1 Å². The highest BCUT2D eigenvalue weighted by atomic mass is 16.6. The van der Waals surface area contributed by atoms with Gasteiger partial charge in [-0.2, -0.15) is 0 Å². The van der Waals surface area contributed by atoms with Crippen molar-refractivity contribution in [1.29, 1.82) is 0 Å². The molecule has 0 aromatic carbocycles. The van der Waals surface area contributed by atoms with E-state index in [1.54, 1.807) is 10.3 Å². The number of hydrogen-bond acceptors (Lipinski definition) is 9. The first-order chi connectivity index (χ1) is 25.2. The molecule has 2 saturated carbocycles. The number of likely N-dealkylation sites (tertiary alicyclic amines) is 1. The molecule has 11 nitrogen and oxygen atoms in total. The van der Waals surface area contributed by atoms with Crippen molar-refractivity contribution in [3.05, 3.63) is 34.7 Å². The number of nitrogens with zero attached hydrogens (tertiary/aromatic N) is 4. The maximum atomic E-state index is 12.3. The minimum atomic E-state index is -0.580. The Hall–Kier alpha value is -2.60. The quantitative estimate of drug-likeness (QED) is 0.278. The van der Waals surface area contributed by atoms with Crippen LogP contribution in [0.1, 0.15) is 119 Å². The van der Waals surface area contributed by atoms with E-state index in [4.69, 9.17) is 14.2 Å². The number of aliphatic hydroxyl groups excluding tert-OH is 1. The molecule has 15 atom stereocenters. The highest BCUT2D eigenvalue weighted by molar-refractivity contribution is 5.73. The van der Waals surface area contributed by atoms with Crippen LogP contribution in [-0.4, -0.2) is 86.0 Å². The van der Waals surface area contributed by atoms with Gasteiger partial charge in [-0.3, -0.25) is 14.5 Å². The summed E-state index contributed by atoms with van der Waals surface area (Å²) in [6.45, 7) is 18.6. The topological polar surface area (TPSA) is 128 Å². The molecule has 0 bridgehead atoms. The summed E-state index contributed by atoms with van der Waals surface area (Å²) in [4.78, 5) is 26.6.